The number of aromatic nitrogens is 2. The molecule has 0 aliphatic carbocycles. The van der Waals surface area contributed by atoms with Crippen LogP contribution in [0.5, 0.6) is 0 Å². The predicted octanol–water partition coefficient (Wildman–Crippen LogP) is 2.19. The predicted molar refractivity (Wildman–Crippen MR) is 89.9 cm³/mol. The Morgan fingerprint density at radius 1 is 1.27 bits per heavy atom. The molecule has 2 rings (SSSR count). The van der Waals surface area contributed by atoms with Gasteiger partial charge in [0, 0.05) is 6.54 Å². The van der Waals surface area contributed by atoms with Gasteiger partial charge in [-0.25, -0.2) is 4.98 Å². The topological polar surface area (TPSA) is 50.2 Å². The molecule has 1 aromatic heterocycles. The van der Waals surface area contributed by atoms with Crippen molar-refractivity contribution in [3.05, 3.63) is 30.1 Å². The number of fused-ring (bicyclic) bond motifs is 1. The van der Waals surface area contributed by atoms with Crippen molar-refractivity contribution in [2.45, 2.75) is 33.7 Å². The zero-order valence-electron chi connectivity index (χ0n) is 13.8. The van der Waals surface area contributed by atoms with Crippen LogP contribution in [0, 0.1) is 6.92 Å². The minimum absolute atomic E-state index is 0.0470. The van der Waals surface area contributed by atoms with Crippen LogP contribution >= 0.6 is 0 Å². The second-order valence-corrected chi connectivity index (χ2v) is 5.46. The molecule has 5 nitrogen and oxygen atoms in total. The summed E-state index contributed by atoms with van der Waals surface area (Å²) in [5.41, 5.74) is 1.95. The van der Waals surface area contributed by atoms with Crippen LogP contribution < -0.4 is 5.32 Å². The first-order valence-electron chi connectivity index (χ1n) is 8.06. The van der Waals surface area contributed by atoms with Crippen molar-refractivity contribution in [3.63, 3.8) is 0 Å². The van der Waals surface area contributed by atoms with E-state index in [1.54, 1.807) is 0 Å². The van der Waals surface area contributed by atoms with E-state index in [-0.39, 0.29) is 5.91 Å². The molecule has 0 spiro atoms. The lowest BCUT2D eigenvalue weighted by Crippen LogP contribution is -2.32. The number of benzene rings is 1. The van der Waals surface area contributed by atoms with Crippen molar-refractivity contribution in [2.24, 2.45) is 0 Å². The number of nitrogens with zero attached hydrogens (tertiary/aromatic N) is 3. The Bertz CT molecular complexity index is 616. The Morgan fingerprint density at radius 2 is 2.00 bits per heavy atom. The molecule has 1 amide bonds. The molecule has 0 saturated carbocycles. The average molecular weight is 302 g/mol. The van der Waals surface area contributed by atoms with E-state index in [0.29, 0.717) is 6.54 Å². The van der Waals surface area contributed by atoms with E-state index >= 15 is 0 Å². The van der Waals surface area contributed by atoms with E-state index in [0.717, 1.165) is 49.5 Å². The number of carbonyl (C=O) groups is 1. The molecule has 1 N–H and O–H groups in total. The zero-order chi connectivity index (χ0) is 15.9. The van der Waals surface area contributed by atoms with E-state index in [9.17, 15) is 4.79 Å². The Kier molecular flexibility index (Phi) is 5.95. The van der Waals surface area contributed by atoms with Crippen LogP contribution in [0.15, 0.2) is 24.3 Å². The lowest BCUT2D eigenvalue weighted by atomic mass is 10.3. The molecular formula is C17H26N4O. The molecule has 0 aliphatic rings. The van der Waals surface area contributed by atoms with Crippen LogP contribution in [-0.2, 0) is 11.3 Å². The smallest absolute Gasteiger partial charge is 0.240 e. The molecule has 0 bridgehead atoms. The first kappa shape index (κ1) is 16.5. The van der Waals surface area contributed by atoms with Crippen molar-refractivity contribution < 1.29 is 4.79 Å². The molecule has 0 saturated heterocycles. The SMILES string of the molecule is CCN(CC)CCCNC(=O)Cn1c(C)nc2ccccc21. The summed E-state index contributed by atoms with van der Waals surface area (Å²) in [7, 11) is 0. The van der Waals surface area contributed by atoms with Crippen LogP contribution in [0.25, 0.3) is 11.0 Å². The molecule has 0 unspecified atom stereocenters. The largest absolute Gasteiger partial charge is 0.355 e. The number of carbonyl (C=O) groups excluding carboxylic acids is 1. The van der Waals surface area contributed by atoms with E-state index in [2.05, 4.69) is 29.0 Å². The highest BCUT2D eigenvalue weighted by Gasteiger charge is 2.10. The van der Waals surface area contributed by atoms with Crippen molar-refractivity contribution in [1.29, 1.82) is 0 Å². The highest BCUT2D eigenvalue weighted by molar-refractivity contribution is 5.81. The van der Waals surface area contributed by atoms with Crippen molar-refractivity contribution >= 4 is 16.9 Å². The standard InChI is InChI=1S/C17H26N4O/c1-4-20(5-2)12-8-11-18-17(22)13-21-14(3)19-15-9-6-7-10-16(15)21/h6-7,9-10H,4-5,8,11-13H2,1-3H3,(H,18,22). The third kappa shape index (κ3) is 4.07. The molecule has 0 fully saturated rings. The Balaban J connectivity index is 1.85. The van der Waals surface area contributed by atoms with Gasteiger partial charge < -0.3 is 14.8 Å². The molecule has 0 atom stereocenters. The molecule has 1 heterocycles. The van der Waals surface area contributed by atoms with Crippen LogP contribution in [0.2, 0.25) is 0 Å². The number of hydrogen-bond donors (Lipinski definition) is 1. The maximum atomic E-state index is 12.1. The van der Waals surface area contributed by atoms with Crippen LogP contribution in [0.4, 0.5) is 0 Å². The third-order valence-electron chi connectivity index (χ3n) is 4.01. The number of aryl methyl sites for hydroxylation is 1. The highest BCUT2D eigenvalue weighted by Crippen LogP contribution is 2.14. The summed E-state index contributed by atoms with van der Waals surface area (Å²) < 4.78 is 1.97. The molecule has 0 aliphatic heterocycles. The molecule has 22 heavy (non-hydrogen) atoms. The summed E-state index contributed by atoms with van der Waals surface area (Å²) in [5, 5.41) is 3.00. The van der Waals surface area contributed by atoms with Crippen molar-refractivity contribution in [2.75, 3.05) is 26.2 Å². The fourth-order valence-electron chi connectivity index (χ4n) is 2.67. The summed E-state index contributed by atoms with van der Waals surface area (Å²) in [4.78, 5) is 19.0. The summed E-state index contributed by atoms with van der Waals surface area (Å²) in [6.45, 7) is 10.5. The minimum atomic E-state index is 0.0470. The van der Waals surface area contributed by atoms with Gasteiger partial charge in [0.2, 0.25) is 5.91 Å². The normalized spacial score (nSPS) is 11.3. The van der Waals surface area contributed by atoms with E-state index in [1.807, 2.05) is 35.8 Å². The number of hydrogen-bond acceptors (Lipinski definition) is 3. The van der Waals surface area contributed by atoms with E-state index in [1.165, 1.54) is 0 Å². The van der Waals surface area contributed by atoms with Gasteiger partial charge in [-0.05, 0) is 45.1 Å². The second-order valence-electron chi connectivity index (χ2n) is 5.46. The fraction of sp³-hybridized carbons (Fsp3) is 0.529. The maximum Gasteiger partial charge on any atom is 0.240 e. The highest BCUT2D eigenvalue weighted by atomic mass is 16.1. The van der Waals surface area contributed by atoms with Crippen LogP contribution in [-0.4, -0.2) is 46.5 Å². The Hall–Kier alpha value is -1.88. The number of imidazole rings is 1. The van der Waals surface area contributed by atoms with Gasteiger partial charge in [-0.15, -0.1) is 0 Å². The first-order chi connectivity index (χ1) is 10.7. The quantitative estimate of drug-likeness (QED) is 0.761. The van der Waals surface area contributed by atoms with Gasteiger partial charge in [0.25, 0.3) is 0 Å². The van der Waals surface area contributed by atoms with E-state index in [4.69, 9.17) is 0 Å². The van der Waals surface area contributed by atoms with Crippen molar-refractivity contribution in [1.82, 2.24) is 19.8 Å². The van der Waals surface area contributed by atoms with Gasteiger partial charge in [0.1, 0.15) is 12.4 Å². The van der Waals surface area contributed by atoms with Crippen LogP contribution in [0.3, 0.4) is 0 Å². The number of rotatable bonds is 8. The molecule has 5 heteroatoms. The molecule has 0 radical (unpaired) electrons. The number of para-hydroxylation sites is 2. The fourth-order valence-corrected chi connectivity index (χ4v) is 2.67. The Labute approximate surface area is 132 Å². The third-order valence-corrected chi connectivity index (χ3v) is 4.01. The molecular weight excluding hydrogens is 276 g/mol. The number of nitrogens with one attached hydrogen (secondary N) is 1. The molecule has 1 aromatic carbocycles. The zero-order valence-corrected chi connectivity index (χ0v) is 13.8. The molecule has 120 valence electrons. The number of amides is 1. The average Bonchev–Trinajstić information content (AvgIpc) is 2.83. The minimum Gasteiger partial charge on any atom is -0.355 e. The van der Waals surface area contributed by atoms with Gasteiger partial charge in [-0.2, -0.15) is 0 Å². The summed E-state index contributed by atoms with van der Waals surface area (Å²) in [5.74, 6) is 0.922. The maximum absolute atomic E-state index is 12.1. The summed E-state index contributed by atoms with van der Waals surface area (Å²) in [6.07, 6.45) is 0.983. The van der Waals surface area contributed by atoms with E-state index < -0.39 is 0 Å². The van der Waals surface area contributed by atoms with Crippen LogP contribution in [0.1, 0.15) is 26.1 Å². The van der Waals surface area contributed by atoms with Crippen molar-refractivity contribution in [3.8, 4) is 0 Å². The van der Waals surface area contributed by atoms with Gasteiger partial charge in [-0.1, -0.05) is 26.0 Å². The van der Waals surface area contributed by atoms with Gasteiger partial charge in [0.15, 0.2) is 0 Å². The lowest BCUT2D eigenvalue weighted by Gasteiger charge is -2.17. The second kappa shape index (κ2) is 7.94. The molecule has 2 aromatic rings. The monoisotopic (exact) mass is 302 g/mol. The Morgan fingerprint density at radius 3 is 2.73 bits per heavy atom. The van der Waals surface area contributed by atoms with Gasteiger partial charge in [0.05, 0.1) is 11.0 Å². The van der Waals surface area contributed by atoms with Gasteiger partial charge in [-0.3, -0.25) is 4.79 Å². The van der Waals surface area contributed by atoms with Gasteiger partial charge >= 0.3 is 0 Å². The summed E-state index contributed by atoms with van der Waals surface area (Å²) >= 11 is 0. The first-order valence-corrected chi connectivity index (χ1v) is 8.06. The lowest BCUT2D eigenvalue weighted by molar-refractivity contribution is -0.121. The summed E-state index contributed by atoms with van der Waals surface area (Å²) in [6, 6.07) is 7.91.